The minimum absolute atomic E-state index is 0.0358. The first-order valence-electron chi connectivity index (χ1n) is 6.51. The van der Waals surface area contributed by atoms with Crippen molar-refractivity contribution in [1.82, 2.24) is 0 Å². The summed E-state index contributed by atoms with van der Waals surface area (Å²) in [6, 6.07) is 9.73. The van der Waals surface area contributed by atoms with Crippen molar-refractivity contribution in [1.29, 1.82) is 0 Å². The predicted molar refractivity (Wildman–Crippen MR) is 85.5 cm³/mol. The fourth-order valence-corrected chi connectivity index (χ4v) is 2.34. The zero-order valence-electron chi connectivity index (χ0n) is 11.8. The number of nitrogens with two attached hydrogens (primary N) is 1. The van der Waals surface area contributed by atoms with Crippen LogP contribution in [0.5, 0.6) is 0 Å². The van der Waals surface area contributed by atoms with Gasteiger partial charge in [0.05, 0.1) is 0 Å². The highest BCUT2D eigenvalue weighted by atomic mass is 32.1. The molecule has 0 aliphatic heterocycles. The third kappa shape index (κ3) is 3.36. The van der Waals surface area contributed by atoms with E-state index in [4.69, 9.17) is 18.0 Å². The van der Waals surface area contributed by atoms with E-state index < -0.39 is 11.6 Å². The molecule has 0 fully saturated rings. The number of rotatable bonds is 4. The van der Waals surface area contributed by atoms with E-state index in [9.17, 15) is 8.78 Å². The van der Waals surface area contributed by atoms with Crippen molar-refractivity contribution in [2.24, 2.45) is 5.73 Å². The summed E-state index contributed by atoms with van der Waals surface area (Å²) in [7, 11) is 0. The Morgan fingerprint density at radius 2 is 1.76 bits per heavy atom. The Labute approximate surface area is 128 Å². The summed E-state index contributed by atoms with van der Waals surface area (Å²) < 4.78 is 28.1. The molecule has 21 heavy (non-hydrogen) atoms. The third-order valence-corrected chi connectivity index (χ3v) is 3.58. The lowest BCUT2D eigenvalue weighted by Crippen LogP contribution is -2.14. The molecule has 0 spiro atoms. The molecule has 1 atom stereocenters. The Kier molecular flexibility index (Phi) is 4.53. The van der Waals surface area contributed by atoms with Gasteiger partial charge in [0.2, 0.25) is 0 Å². The molecule has 2 aromatic carbocycles. The van der Waals surface area contributed by atoms with Crippen LogP contribution in [0.3, 0.4) is 0 Å². The maximum absolute atomic E-state index is 14.0. The number of hydrogen-bond donors (Lipinski definition) is 2. The van der Waals surface area contributed by atoms with E-state index in [2.05, 4.69) is 5.32 Å². The van der Waals surface area contributed by atoms with Gasteiger partial charge in [0.1, 0.15) is 22.3 Å². The minimum Gasteiger partial charge on any atom is -0.389 e. The van der Waals surface area contributed by atoms with Gasteiger partial charge in [-0.05, 0) is 37.1 Å². The quantitative estimate of drug-likeness (QED) is 0.836. The molecule has 0 bridgehead atoms. The molecule has 1 unspecified atom stereocenters. The monoisotopic (exact) mass is 306 g/mol. The first kappa shape index (κ1) is 15.4. The Hall–Kier alpha value is -2.01. The number of hydrogen-bond acceptors (Lipinski definition) is 2. The zero-order valence-corrected chi connectivity index (χ0v) is 12.6. The van der Waals surface area contributed by atoms with Crippen LogP contribution in [-0.4, -0.2) is 4.99 Å². The highest BCUT2D eigenvalue weighted by Gasteiger charge is 2.16. The van der Waals surface area contributed by atoms with Crippen LogP contribution in [0.25, 0.3) is 0 Å². The van der Waals surface area contributed by atoms with Crippen LogP contribution in [0.1, 0.15) is 29.7 Å². The normalized spacial score (nSPS) is 12.0. The van der Waals surface area contributed by atoms with E-state index in [0.717, 1.165) is 23.3 Å². The lowest BCUT2D eigenvalue weighted by Gasteiger charge is -2.19. The van der Waals surface area contributed by atoms with Gasteiger partial charge in [-0.3, -0.25) is 0 Å². The maximum atomic E-state index is 14.0. The molecule has 0 heterocycles. The lowest BCUT2D eigenvalue weighted by atomic mass is 10.0. The second kappa shape index (κ2) is 6.18. The molecular weight excluding hydrogens is 290 g/mol. The van der Waals surface area contributed by atoms with Crippen molar-refractivity contribution in [2.45, 2.75) is 19.9 Å². The summed E-state index contributed by atoms with van der Waals surface area (Å²) in [4.78, 5) is -0.0358. The molecule has 0 saturated carbocycles. The van der Waals surface area contributed by atoms with Gasteiger partial charge in [-0.1, -0.05) is 36.5 Å². The van der Waals surface area contributed by atoms with Gasteiger partial charge in [-0.15, -0.1) is 0 Å². The van der Waals surface area contributed by atoms with Gasteiger partial charge in [0.25, 0.3) is 0 Å². The lowest BCUT2D eigenvalue weighted by molar-refractivity contribution is 0.584. The molecule has 2 rings (SSSR count). The maximum Gasteiger partial charge on any atom is 0.150 e. The molecule has 2 nitrogen and oxygen atoms in total. The predicted octanol–water partition coefficient (Wildman–Crippen LogP) is 4.08. The average molecular weight is 306 g/mol. The molecule has 0 aliphatic carbocycles. The smallest absolute Gasteiger partial charge is 0.150 e. The summed E-state index contributed by atoms with van der Waals surface area (Å²) in [5.74, 6) is -1.42. The molecule has 0 aromatic heterocycles. The summed E-state index contributed by atoms with van der Waals surface area (Å²) >= 11 is 4.73. The van der Waals surface area contributed by atoms with Gasteiger partial charge in [-0.25, -0.2) is 8.78 Å². The van der Waals surface area contributed by atoms with Crippen molar-refractivity contribution in [3.05, 3.63) is 64.7 Å². The van der Waals surface area contributed by atoms with E-state index in [-0.39, 0.29) is 22.3 Å². The van der Waals surface area contributed by atoms with Gasteiger partial charge < -0.3 is 11.1 Å². The van der Waals surface area contributed by atoms with E-state index in [1.165, 1.54) is 0 Å². The number of halogens is 2. The first-order chi connectivity index (χ1) is 9.90. The molecule has 0 amide bonds. The van der Waals surface area contributed by atoms with Gasteiger partial charge >= 0.3 is 0 Å². The van der Waals surface area contributed by atoms with Crippen molar-refractivity contribution < 1.29 is 8.78 Å². The number of thiocarbonyl (C=S) groups is 1. The Balaban J connectivity index is 2.32. The summed E-state index contributed by atoms with van der Waals surface area (Å²) in [6.07, 6.45) is 0. The fourth-order valence-electron chi connectivity index (χ4n) is 2.22. The number of benzene rings is 2. The van der Waals surface area contributed by atoms with Gasteiger partial charge in [0, 0.05) is 11.6 Å². The Morgan fingerprint density at radius 1 is 1.19 bits per heavy atom. The molecule has 3 N–H and O–H groups in total. The second-order valence-corrected chi connectivity index (χ2v) is 5.34. The van der Waals surface area contributed by atoms with Crippen LogP contribution < -0.4 is 11.1 Å². The average Bonchev–Trinajstić information content (AvgIpc) is 2.42. The SMILES string of the molecule is Cc1ccccc1C(C)Nc1c(F)cc(C(N)=S)cc1F. The highest BCUT2D eigenvalue weighted by molar-refractivity contribution is 7.80. The minimum atomic E-state index is -0.710. The van der Waals surface area contributed by atoms with Crippen molar-refractivity contribution in [2.75, 3.05) is 5.32 Å². The van der Waals surface area contributed by atoms with E-state index >= 15 is 0 Å². The Morgan fingerprint density at radius 3 is 2.29 bits per heavy atom. The summed E-state index contributed by atoms with van der Waals surface area (Å²) in [5.41, 5.74) is 7.43. The molecule has 0 aliphatic rings. The first-order valence-corrected chi connectivity index (χ1v) is 6.92. The largest absolute Gasteiger partial charge is 0.389 e. The summed E-state index contributed by atoms with van der Waals surface area (Å²) in [5, 5.41) is 2.87. The number of anilines is 1. The standard InChI is InChI=1S/C16H16F2N2S/c1-9-5-3-4-6-12(9)10(2)20-15-13(17)7-11(16(19)21)8-14(15)18/h3-8,10,20H,1-2H3,(H2,19,21). The molecule has 0 radical (unpaired) electrons. The van der Waals surface area contributed by atoms with Gasteiger partial charge in [0.15, 0.2) is 0 Å². The van der Waals surface area contributed by atoms with Crippen LogP contribution in [0.2, 0.25) is 0 Å². The van der Waals surface area contributed by atoms with Crippen LogP contribution in [0.15, 0.2) is 36.4 Å². The Bertz CT molecular complexity index is 663. The molecule has 2 aromatic rings. The van der Waals surface area contributed by atoms with E-state index in [1.807, 2.05) is 38.1 Å². The third-order valence-electron chi connectivity index (χ3n) is 3.34. The van der Waals surface area contributed by atoms with Crippen molar-refractivity contribution in [3.8, 4) is 0 Å². The molecule has 110 valence electrons. The van der Waals surface area contributed by atoms with Crippen LogP contribution >= 0.6 is 12.2 Å². The van der Waals surface area contributed by atoms with Crippen LogP contribution in [0, 0.1) is 18.6 Å². The second-order valence-electron chi connectivity index (χ2n) is 4.90. The molecule has 0 saturated heterocycles. The zero-order chi connectivity index (χ0) is 15.6. The highest BCUT2D eigenvalue weighted by Crippen LogP contribution is 2.27. The van der Waals surface area contributed by atoms with Crippen LogP contribution in [-0.2, 0) is 0 Å². The van der Waals surface area contributed by atoms with Crippen molar-refractivity contribution >= 4 is 22.9 Å². The summed E-state index contributed by atoms with van der Waals surface area (Å²) in [6.45, 7) is 3.80. The number of nitrogens with one attached hydrogen (secondary N) is 1. The molecular formula is C16H16F2N2S. The van der Waals surface area contributed by atoms with Crippen LogP contribution in [0.4, 0.5) is 14.5 Å². The van der Waals surface area contributed by atoms with Gasteiger partial charge in [-0.2, -0.15) is 0 Å². The van der Waals surface area contributed by atoms with E-state index in [0.29, 0.717) is 0 Å². The van der Waals surface area contributed by atoms with Crippen molar-refractivity contribution in [3.63, 3.8) is 0 Å². The molecule has 5 heteroatoms. The van der Waals surface area contributed by atoms with E-state index in [1.54, 1.807) is 0 Å². The number of aryl methyl sites for hydroxylation is 1. The topological polar surface area (TPSA) is 38.0 Å². The fraction of sp³-hybridized carbons (Fsp3) is 0.188.